The van der Waals surface area contributed by atoms with Crippen LogP contribution in [0.2, 0.25) is 0 Å². The Morgan fingerprint density at radius 1 is 0.976 bits per heavy atom. The number of nitrogens with one attached hydrogen (secondary N) is 2. The van der Waals surface area contributed by atoms with Crippen LogP contribution in [0.25, 0.3) is 11.1 Å². The van der Waals surface area contributed by atoms with Gasteiger partial charge in [0.1, 0.15) is 0 Å². The van der Waals surface area contributed by atoms with Gasteiger partial charge < -0.3 is 20.3 Å². The van der Waals surface area contributed by atoms with E-state index in [4.69, 9.17) is 4.74 Å². The number of nitrogens with zero attached hydrogens (tertiary/aromatic N) is 1. The van der Waals surface area contributed by atoms with Gasteiger partial charge in [-0.05, 0) is 84.0 Å². The number of carbonyl (C=O) groups is 3. The van der Waals surface area contributed by atoms with Gasteiger partial charge in [0.15, 0.2) is 0 Å². The van der Waals surface area contributed by atoms with E-state index in [-0.39, 0.29) is 35.3 Å². The summed E-state index contributed by atoms with van der Waals surface area (Å²) in [6.07, 6.45) is 5.86. The third kappa shape index (κ3) is 5.78. The van der Waals surface area contributed by atoms with Gasteiger partial charge in [-0.3, -0.25) is 4.79 Å². The number of ether oxygens (including phenoxy) is 1. The third-order valence-electron chi connectivity index (χ3n) is 9.31. The molecule has 218 valence electrons. The van der Waals surface area contributed by atoms with Crippen molar-refractivity contribution >= 4 is 17.9 Å². The molecule has 7 nitrogen and oxygen atoms in total. The molecule has 1 aliphatic heterocycles. The van der Waals surface area contributed by atoms with E-state index in [9.17, 15) is 14.4 Å². The third-order valence-corrected chi connectivity index (χ3v) is 9.31. The molecule has 7 heteroatoms. The first-order valence-corrected chi connectivity index (χ1v) is 15.1. The Bertz CT molecular complexity index is 1500. The first-order chi connectivity index (χ1) is 20.3. The van der Waals surface area contributed by atoms with Crippen LogP contribution >= 0.6 is 0 Å². The minimum atomic E-state index is -0.373. The molecule has 2 saturated carbocycles. The van der Waals surface area contributed by atoms with Crippen LogP contribution in [0.4, 0.5) is 4.79 Å². The van der Waals surface area contributed by atoms with E-state index in [0.29, 0.717) is 31.6 Å². The van der Waals surface area contributed by atoms with Crippen LogP contribution in [0.15, 0.2) is 66.7 Å². The molecule has 0 radical (unpaired) electrons. The monoisotopic (exact) mass is 565 g/mol. The predicted octanol–water partition coefficient (Wildman–Crippen LogP) is 5.96. The Morgan fingerprint density at radius 3 is 2.52 bits per heavy atom. The second-order valence-corrected chi connectivity index (χ2v) is 12.2. The van der Waals surface area contributed by atoms with Gasteiger partial charge in [0.25, 0.3) is 0 Å². The molecule has 2 aliphatic carbocycles. The summed E-state index contributed by atoms with van der Waals surface area (Å²) in [6.45, 7) is 3.64. The minimum absolute atomic E-state index is 0.00186. The molecule has 0 bridgehead atoms. The molecular formula is C35H39N3O4. The number of esters is 1. The summed E-state index contributed by atoms with van der Waals surface area (Å²) in [5.74, 6) is -0.0204. The van der Waals surface area contributed by atoms with Gasteiger partial charge in [-0.2, -0.15) is 0 Å². The number of hydrogen-bond donors (Lipinski definition) is 2. The first-order valence-electron chi connectivity index (χ1n) is 15.1. The molecule has 42 heavy (non-hydrogen) atoms. The van der Waals surface area contributed by atoms with E-state index in [0.717, 1.165) is 59.9 Å². The molecule has 1 heterocycles. The quantitative estimate of drug-likeness (QED) is 0.346. The SMILES string of the molecule is COC(=O)c1cccc(-c2ccc(CNC(=O)C3CC3c3ccccc3)c3c2CCN(C(=O)NC2(C)CCCC2)C3)c1. The summed E-state index contributed by atoms with van der Waals surface area (Å²) >= 11 is 0. The highest BCUT2D eigenvalue weighted by Gasteiger charge is 2.43. The number of carbonyl (C=O) groups excluding carboxylic acids is 3. The van der Waals surface area contributed by atoms with Crippen LogP contribution in [0.1, 0.15) is 77.6 Å². The van der Waals surface area contributed by atoms with E-state index in [1.165, 1.54) is 12.7 Å². The second-order valence-electron chi connectivity index (χ2n) is 12.2. The second kappa shape index (κ2) is 11.6. The number of benzene rings is 3. The zero-order valence-corrected chi connectivity index (χ0v) is 24.4. The number of rotatable bonds is 7. The lowest BCUT2D eigenvalue weighted by Crippen LogP contribution is -2.51. The molecule has 2 fully saturated rings. The first kappa shape index (κ1) is 28.0. The van der Waals surface area contributed by atoms with E-state index in [2.05, 4.69) is 41.8 Å². The molecule has 2 atom stereocenters. The van der Waals surface area contributed by atoms with Gasteiger partial charge in [-0.25, -0.2) is 9.59 Å². The number of amides is 3. The van der Waals surface area contributed by atoms with Gasteiger partial charge in [-0.1, -0.05) is 67.4 Å². The van der Waals surface area contributed by atoms with Crippen LogP contribution in [-0.4, -0.2) is 42.0 Å². The Hall–Kier alpha value is -4.13. The maximum Gasteiger partial charge on any atom is 0.337 e. The lowest BCUT2D eigenvalue weighted by atomic mass is 9.87. The fourth-order valence-corrected chi connectivity index (χ4v) is 6.77. The van der Waals surface area contributed by atoms with Crippen molar-refractivity contribution in [3.05, 3.63) is 94.5 Å². The molecule has 0 spiro atoms. The summed E-state index contributed by atoms with van der Waals surface area (Å²) in [5, 5.41) is 6.50. The smallest absolute Gasteiger partial charge is 0.337 e. The van der Waals surface area contributed by atoms with Crippen molar-refractivity contribution in [2.75, 3.05) is 13.7 Å². The molecule has 3 aromatic rings. The summed E-state index contributed by atoms with van der Waals surface area (Å²) < 4.78 is 4.95. The highest BCUT2D eigenvalue weighted by Crippen LogP contribution is 2.47. The molecule has 3 amide bonds. The van der Waals surface area contributed by atoms with Crippen LogP contribution in [-0.2, 0) is 29.0 Å². The molecule has 3 aromatic carbocycles. The molecule has 6 rings (SSSR count). The van der Waals surface area contributed by atoms with Crippen molar-refractivity contribution in [1.29, 1.82) is 0 Å². The summed E-state index contributed by atoms with van der Waals surface area (Å²) in [7, 11) is 1.38. The molecule has 0 saturated heterocycles. The number of fused-ring (bicyclic) bond motifs is 1. The maximum absolute atomic E-state index is 13.4. The van der Waals surface area contributed by atoms with E-state index < -0.39 is 0 Å². The Kier molecular flexibility index (Phi) is 7.76. The van der Waals surface area contributed by atoms with Crippen LogP contribution in [0.3, 0.4) is 0 Å². The van der Waals surface area contributed by atoms with Gasteiger partial charge >= 0.3 is 12.0 Å². The molecule has 3 aliphatic rings. The van der Waals surface area contributed by atoms with E-state index in [1.807, 2.05) is 41.3 Å². The number of urea groups is 1. The average molecular weight is 566 g/mol. The summed E-state index contributed by atoms with van der Waals surface area (Å²) in [6, 6.07) is 21.8. The van der Waals surface area contributed by atoms with Gasteiger partial charge in [0, 0.05) is 31.1 Å². The fraction of sp³-hybridized carbons (Fsp3) is 0.400. The highest BCUT2D eigenvalue weighted by atomic mass is 16.5. The number of hydrogen-bond acceptors (Lipinski definition) is 4. The Morgan fingerprint density at radius 2 is 1.76 bits per heavy atom. The molecule has 2 N–H and O–H groups in total. The van der Waals surface area contributed by atoms with Crippen molar-refractivity contribution in [3.63, 3.8) is 0 Å². The minimum Gasteiger partial charge on any atom is -0.465 e. The molecule has 2 unspecified atom stereocenters. The lowest BCUT2D eigenvalue weighted by molar-refractivity contribution is -0.122. The van der Waals surface area contributed by atoms with E-state index >= 15 is 0 Å². The average Bonchev–Trinajstić information content (AvgIpc) is 3.72. The van der Waals surface area contributed by atoms with Crippen LogP contribution < -0.4 is 10.6 Å². The van der Waals surface area contributed by atoms with Crippen LogP contribution in [0.5, 0.6) is 0 Å². The van der Waals surface area contributed by atoms with Gasteiger partial charge in [0.05, 0.1) is 12.7 Å². The lowest BCUT2D eigenvalue weighted by Gasteiger charge is -2.35. The zero-order valence-electron chi connectivity index (χ0n) is 24.4. The number of methoxy groups -OCH3 is 1. The summed E-state index contributed by atoms with van der Waals surface area (Å²) in [4.78, 5) is 40.7. The fourth-order valence-electron chi connectivity index (χ4n) is 6.77. The van der Waals surface area contributed by atoms with Crippen molar-refractivity contribution in [2.24, 2.45) is 5.92 Å². The predicted molar refractivity (Wildman–Crippen MR) is 162 cm³/mol. The normalized spacial score (nSPS) is 20.4. The van der Waals surface area contributed by atoms with Gasteiger partial charge in [-0.15, -0.1) is 0 Å². The van der Waals surface area contributed by atoms with Gasteiger partial charge in [0.2, 0.25) is 5.91 Å². The van der Waals surface area contributed by atoms with E-state index in [1.54, 1.807) is 6.07 Å². The Balaban J connectivity index is 1.25. The van der Waals surface area contributed by atoms with Crippen molar-refractivity contribution < 1.29 is 19.1 Å². The van der Waals surface area contributed by atoms with Crippen molar-refractivity contribution in [3.8, 4) is 11.1 Å². The van der Waals surface area contributed by atoms with Crippen molar-refractivity contribution in [1.82, 2.24) is 15.5 Å². The van der Waals surface area contributed by atoms with Crippen LogP contribution in [0, 0.1) is 5.92 Å². The Labute approximate surface area is 247 Å². The largest absolute Gasteiger partial charge is 0.465 e. The maximum atomic E-state index is 13.4. The molecular weight excluding hydrogens is 526 g/mol. The topological polar surface area (TPSA) is 87.7 Å². The zero-order chi connectivity index (χ0) is 29.3. The molecule has 0 aromatic heterocycles. The highest BCUT2D eigenvalue weighted by molar-refractivity contribution is 5.91. The summed E-state index contributed by atoms with van der Waals surface area (Å²) in [5.41, 5.74) is 6.80. The standard InChI is InChI=1S/C35H39N3O4/c1-35(16-6-7-17-35)37-34(41)38-18-15-28-27(24-11-8-12-25(19-24)33(40)42-2)14-13-26(31(28)22-38)21-36-32(39)30-20-29(30)23-9-4-3-5-10-23/h3-5,8-14,19,29-30H,6-7,15-18,20-22H2,1-2H3,(H,36,39)(H,37,41). The van der Waals surface area contributed by atoms with Crippen molar-refractivity contribution in [2.45, 2.75) is 70.0 Å².